The Labute approximate surface area is 109 Å². The first-order chi connectivity index (χ1) is 8.17. The quantitative estimate of drug-likeness (QED) is 0.898. The molecule has 0 aliphatic carbocycles. The van der Waals surface area contributed by atoms with Crippen molar-refractivity contribution >= 4 is 27.5 Å². The summed E-state index contributed by atoms with van der Waals surface area (Å²) in [7, 11) is 1.61. The normalized spacial score (nSPS) is 17.8. The Morgan fingerprint density at radius 2 is 2.29 bits per heavy atom. The van der Waals surface area contributed by atoms with E-state index in [0.29, 0.717) is 0 Å². The van der Waals surface area contributed by atoms with E-state index in [9.17, 15) is 4.79 Å². The highest BCUT2D eigenvalue weighted by molar-refractivity contribution is 9.10. The van der Waals surface area contributed by atoms with E-state index >= 15 is 0 Å². The lowest BCUT2D eigenvalue weighted by atomic mass is 10.1. The van der Waals surface area contributed by atoms with Gasteiger partial charge in [0, 0.05) is 17.3 Å². The van der Waals surface area contributed by atoms with Crippen LogP contribution in [0.2, 0.25) is 0 Å². The fraction of sp³-hybridized carbons (Fsp3) is 0.417. The minimum atomic E-state index is -0.257. The first kappa shape index (κ1) is 12.4. The number of rotatable bonds is 4. The molecule has 0 saturated carbocycles. The molecule has 2 N–H and O–H groups in total. The second-order valence-electron chi connectivity index (χ2n) is 3.95. The van der Waals surface area contributed by atoms with Crippen molar-refractivity contribution in [2.24, 2.45) is 0 Å². The number of methoxy groups -OCH3 is 1. The molecule has 1 aliphatic rings. The van der Waals surface area contributed by atoms with Crippen LogP contribution in [0.5, 0.6) is 5.75 Å². The summed E-state index contributed by atoms with van der Waals surface area (Å²) >= 11 is 3.43. The zero-order valence-electron chi connectivity index (χ0n) is 9.84. The molecule has 0 saturated heterocycles. The molecule has 1 atom stereocenters. The molecule has 0 fully saturated rings. The predicted octanol–water partition coefficient (Wildman–Crippen LogP) is 2.45. The molecule has 1 heterocycles. The van der Waals surface area contributed by atoms with Crippen molar-refractivity contribution in [3.63, 3.8) is 0 Å². The Morgan fingerprint density at radius 1 is 1.53 bits per heavy atom. The molecule has 4 nitrogen and oxygen atoms in total. The first-order valence-electron chi connectivity index (χ1n) is 5.59. The Bertz CT molecular complexity index is 448. The summed E-state index contributed by atoms with van der Waals surface area (Å²) in [6, 6.07) is 3.51. The maximum absolute atomic E-state index is 11.8. The van der Waals surface area contributed by atoms with Gasteiger partial charge in [0.25, 0.3) is 0 Å². The van der Waals surface area contributed by atoms with Crippen molar-refractivity contribution in [2.45, 2.75) is 19.4 Å². The molecule has 0 radical (unpaired) electrons. The number of anilines is 1. The Kier molecular flexibility index (Phi) is 3.69. The molecule has 0 aromatic heterocycles. The van der Waals surface area contributed by atoms with Crippen LogP contribution in [0.1, 0.15) is 24.9 Å². The highest BCUT2D eigenvalue weighted by atomic mass is 79.9. The van der Waals surface area contributed by atoms with Crippen LogP contribution in [-0.4, -0.2) is 19.6 Å². The molecule has 92 valence electrons. The van der Waals surface area contributed by atoms with Gasteiger partial charge < -0.3 is 15.4 Å². The van der Waals surface area contributed by atoms with E-state index in [1.165, 1.54) is 0 Å². The van der Waals surface area contributed by atoms with Gasteiger partial charge in [-0.3, -0.25) is 4.79 Å². The minimum absolute atomic E-state index is 0.00592. The fourth-order valence-electron chi connectivity index (χ4n) is 1.91. The van der Waals surface area contributed by atoms with Crippen LogP contribution in [0.3, 0.4) is 0 Å². The molecule has 5 heteroatoms. The number of nitrogens with one attached hydrogen (secondary N) is 2. The van der Waals surface area contributed by atoms with Crippen molar-refractivity contribution in [3.8, 4) is 5.75 Å². The lowest BCUT2D eigenvalue weighted by Gasteiger charge is -2.11. The molecule has 1 unspecified atom stereocenters. The van der Waals surface area contributed by atoms with Crippen LogP contribution >= 0.6 is 15.9 Å². The van der Waals surface area contributed by atoms with Gasteiger partial charge in [-0.05, 0) is 35.0 Å². The lowest BCUT2D eigenvalue weighted by molar-refractivity contribution is -0.117. The van der Waals surface area contributed by atoms with Crippen molar-refractivity contribution in [1.82, 2.24) is 5.32 Å². The summed E-state index contributed by atoms with van der Waals surface area (Å²) in [4.78, 5) is 11.8. The molecule has 0 bridgehead atoms. The number of hydrogen-bond donors (Lipinski definition) is 2. The number of benzene rings is 1. The highest BCUT2D eigenvalue weighted by Crippen LogP contribution is 2.38. The largest absolute Gasteiger partial charge is 0.495 e. The number of hydrogen-bond acceptors (Lipinski definition) is 3. The van der Waals surface area contributed by atoms with Crippen LogP contribution in [0, 0.1) is 0 Å². The van der Waals surface area contributed by atoms with E-state index in [2.05, 4.69) is 33.5 Å². The molecular formula is C12H15BrN2O2. The van der Waals surface area contributed by atoms with Gasteiger partial charge in [-0.2, -0.15) is 0 Å². The summed E-state index contributed by atoms with van der Waals surface area (Å²) in [5.74, 6) is 0.716. The average molecular weight is 299 g/mol. The Morgan fingerprint density at radius 3 is 2.94 bits per heavy atom. The average Bonchev–Trinajstić information content (AvgIpc) is 2.61. The van der Waals surface area contributed by atoms with Crippen molar-refractivity contribution in [2.75, 3.05) is 19.0 Å². The van der Waals surface area contributed by atoms with E-state index < -0.39 is 0 Å². The van der Waals surface area contributed by atoms with Gasteiger partial charge in [0.05, 0.1) is 11.6 Å². The number of carbonyl (C=O) groups is 1. The highest BCUT2D eigenvalue weighted by Gasteiger charge is 2.30. The number of fused-ring (bicyclic) bond motifs is 1. The topological polar surface area (TPSA) is 50.4 Å². The third-order valence-corrected chi connectivity index (χ3v) is 3.37. The number of carbonyl (C=O) groups excluding carboxylic acids is 1. The maximum atomic E-state index is 11.8. The van der Waals surface area contributed by atoms with Gasteiger partial charge in [0.1, 0.15) is 11.8 Å². The number of ether oxygens (including phenoxy) is 1. The summed E-state index contributed by atoms with van der Waals surface area (Å²) in [6.45, 7) is 2.89. The summed E-state index contributed by atoms with van der Waals surface area (Å²) in [6.07, 6.45) is 0.996. The van der Waals surface area contributed by atoms with Crippen LogP contribution in [-0.2, 0) is 4.79 Å². The van der Waals surface area contributed by atoms with E-state index in [1.807, 2.05) is 12.1 Å². The van der Waals surface area contributed by atoms with Crippen LogP contribution in [0.4, 0.5) is 5.69 Å². The van der Waals surface area contributed by atoms with Gasteiger partial charge in [-0.1, -0.05) is 6.92 Å². The third kappa shape index (κ3) is 2.30. The molecular weight excluding hydrogens is 284 g/mol. The van der Waals surface area contributed by atoms with Crippen molar-refractivity contribution < 1.29 is 9.53 Å². The van der Waals surface area contributed by atoms with Gasteiger partial charge in [-0.15, -0.1) is 0 Å². The molecule has 1 aromatic carbocycles. The van der Waals surface area contributed by atoms with Crippen LogP contribution < -0.4 is 15.4 Å². The molecule has 1 amide bonds. The zero-order valence-corrected chi connectivity index (χ0v) is 11.4. The molecule has 2 rings (SSSR count). The monoisotopic (exact) mass is 298 g/mol. The van der Waals surface area contributed by atoms with Crippen molar-refractivity contribution in [3.05, 3.63) is 22.2 Å². The van der Waals surface area contributed by atoms with E-state index in [0.717, 1.165) is 34.4 Å². The van der Waals surface area contributed by atoms with Gasteiger partial charge in [0.2, 0.25) is 5.91 Å². The molecule has 1 aliphatic heterocycles. The first-order valence-corrected chi connectivity index (χ1v) is 6.38. The summed E-state index contributed by atoms with van der Waals surface area (Å²) in [5.41, 5.74) is 1.79. The SMILES string of the molecule is CCCNC1C(=O)Nc2cc(OC)c(Br)cc21. The third-order valence-electron chi connectivity index (χ3n) is 2.75. The molecule has 0 spiro atoms. The smallest absolute Gasteiger partial charge is 0.246 e. The molecule has 1 aromatic rings. The number of halogens is 1. The van der Waals surface area contributed by atoms with E-state index in [4.69, 9.17) is 4.74 Å². The second-order valence-corrected chi connectivity index (χ2v) is 4.80. The zero-order chi connectivity index (χ0) is 12.4. The maximum Gasteiger partial charge on any atom is 0.246 e. The number of amides is 1. The van der Waals surface area contributed by atoms with Gasteiger partial charge >= 0.3 is 0 Å². The summed E-state index contributed by atoms with van der Waals surface area (Å²) in [5, 5.41) is 6.08. The van der Waals surface area contributed by atoms with E-state index in [-0.39, 0.29) is 11.9 Å². The Balaban J connectivity index is 2.33. The summed E-state index contributed by atoms with van der Waals surface area (Å²) < 4.78 is 6.06. The van der Waals surface area contributed by atoms with Gasteiger partial charge in [0.15, 0.2) is 0 Å². The van der Waals surface area contributed by atoms with Crippen LogP contribution in [0.25, 0.3) is 0 Å². The Hall–Kier alpha value is -1.07. The molecule has 17 heavy (non-hydrogen) atoms. The van der Waals surface area contributed by atoms with Crippen molar-refractivity contribution in [1.29, 1.82) is 0 Å². The standard InChI is InChI=1S/C12H15BrN2O2/c1-3-4-14-11-7-5-8(13)10(17-2)6-9(7)15-12(11)16/h5-6,11,14H,3-4H2,1-2H3,(H,15,16). The van der Waals surface area contributed by atoms with Crippen LogP contribution in [0.15, 0.2) is 16.6 Å². The minimum Gasteiger partial charge on any atom is -0.495 e. The fourth-order valence-corrected chi connectivity index (χ4v) is 2.43. The second kappa shape index (κ2) is 5.06. The van der Waals surface area contributed by atoms with Gasteiger partial charge in [-0.25, -0.2) is 0 Å². The predicted molar refractivity (Wildman–Crippen MR) is 70.4 cm³/mol. The van der Waals surface area contributed by atoms with E-state index in [1.54, 1.807) is 7.11 Å². The lowest BCUT2D eigenvalue weighted by Crippen LogP contribution is -2.27.